The van der Waals surface area contributed by atoms with E-state index < -0.39 is 0 Å². The van der Waals surface area contributed by atoms with E-state index in [4.69, 9.17) is 42.6 Å². The van der Waals surface area contributed by atoms with Gasteiger partial charge in [0.05, 0.1) is 5.69 Å². The summed E-state index contributed by atoms with van der Waals surface area (Å²) in [6.45, 7) is 2.18. The van der Waals surface area contributed by atoms with E-state index in [-0.39, 0.29) is 0 Å². The average molecular weight is 541 g/mol. The van der Waals surface area contributed by atoms with Crippen LogP contribution in [0, 0.1) is 0 Å². The zero-order chi connectivity index (χ0) is 26.3. The zero-order valence-corrected chi connectivity index (χ0v) is 22.4. The molecule has 0 saturated heterocycles. The number of ether oxygens (including phenoxy) is 2. The largest absolute Gasteiger partial charge is 0.457 e. The first-order valence-corrected chi connectivity index (χ1v) is 13.3. The van der Waals surface area contributed by atoms with Crippen molar-refractivity contribution < 1.29 is 9.47 Å². The van der Waals surface area contributed by atoms with E-state index in [9.17, 15) is 0 Å². The molecule has 6 heteroatoms. The highest BCUT2D eigenvalue weighted by Gasteiger charge is 2.10. The van der Waals surface area contributed by atoms with Crippen LogP contribution in [0.1, 0.15) is 25.5 Å². The molecule has 0 aliphatic rings. The lowest BCUT2D eigenvalue weighted by Gasteiger charge is -2.11. The predicted octanol–water partition coefficient (Wildman–Crippen LogP) is 10.0. The van der Waals surface area contributed by atoms with E-state index >= 15 is 0 Å². The van der Waals surface area contributed by atoms with Crippen LogP contribution in [0.25, 0.3) is 22.6 Å². The lowest BCUT2D eigenvalue weighted by molar-refractivity contribution is 0.482. The number of unbranched alkanes of at least 4 members (excludes halogenated alkanes) is 1. The number of halogens is 2. The van der Waals surface area contributed by atoms with Crippen molar-refractivity contribution >= 4 is 23.2 Å². The fourth-order valence-corrected chi connectivity index (χ4v) is 4.16. The molecule has 1 aromatic heterocycles. The van der Waals surface area contributed by atoms with E-state index in [1.54, 1.807) is 12.1 Å². The summed E-state index contributed by atoms with van der Waals surface area (Å²) in [6.07, 6.45) is 3.06. The van der Waals surface area contributed by atoms with Gasteiger partial charge in [0.25, 0.3) is 0 Å². The van der Waals surface area contributed by atoms with Crippen LogP contribution < -0.4 is 9.47 Å². The van der Waals surface area contributed by atoms with Crippen molar-refractivity contribution in [2.24, 2.45) is 0 Å². The Labute approximate surface area is 232 Å². The van der Waals surface area contributed by atoms with E-state index in [0.29, 0.717) is 15.9 Å². The Kier molecular flexibility index (Phi) is 8.22. The highest BCUT2D eigenvalue weighted by Crippen LogP contribution is 2.29. The van der Waals surface area contributed by atoms with Crippen LogP contribution in [-0.4, -0.2) is 9.97 Å². The normalized spacial score (nSPS) is 10.8. The molecular weight excluding hydrogens is 515 g/mol. The summed E-state index contributed by atoms with van der Waals surface area (Å²) in [6, 6.07) is 32.4. The maximum atomic E-state index is 5.97. The molecule has 190 valence electrons. The fraction of sp³-hybridized carbons (Fsp3) is 0.125. The van der Waals surface area contributed by atoms with Gasteiger partial charge in [-0.25, -0.2) is 9.97 Å². The summed E-state index contributed by atoms with van der Waals surface area (Å²) >= 11 is 11.9. The third-order valence-electron chi connectivity index (χ3n) is 5.93. The zero-order valence-electron chi connectivity index (χ0n) is 20.9. The number of rotatable bonds is 9. The Morgan fingerprint density at radius 3 is 1.50 bits per heavy atom. The maximum absolute atomic E-state index is 5.97. The molecule has 38 heavy (non-hydrogen) atoms. The second-order valence-electron chi connectivity index (χ2n) is 8.83. The van der Waals surface area contributed by atoms with Crippen LogP contribution in [0.2, 0.25) is 10.0 Å². The summed E-state index contributed by atoms with van der Waals surface area (Å²) in [7, 11) is 0. The van der Waals surface area contributed by atoms with E-state index in [2.05, 4.69) is 13.0 Å². The summed E-state index contributed by atoms with van der Waals surface area (Å²) < 4.78 is 11.9. The van der Waals surface area contributed by atoms with Crippen molar-refractivity contribution in [1.29, 1.82) is 0 Å². The number of benzene rings is 4. The van der Waals surface area contributed by atoms with Crippen molar-refractivity contribution in [2.45, 2.75) is 26.2 Å². The van der Waals surface area contributed by atoms with Crippen LogP contribution in [0.4, 0.5) is 0 Å². The van der Waals surface area contributed by atoms with Gasteiger partial charge in [0.15, 0.2) is 5.82 Å². The quantitative estimate of drug-likeness (QED) is 0.186. The van der Waals surface area contributed by atoms with Gasteiger partial charge in [-0.15, -0.1) is 0 Å². The minimum Gasteiger partial charge on any atom is -0.457 e. The first-order chi connectivity index (χ1) is 18.6. The van der Waals surface area contributed by atoms with Gasteiger partial charge >= 0.3 is 0 Å². The lowest BCUT2D eigenvalue weighted by Crippen LogP contribution is -1.99. The van der Waals surface area contributed by atoms with E-state index in [0.717, 1.165) is 64.8 Å². The summed E-state index contributed by atoms with van der Waals surface area (Å²) in [5.74, 6) is 3.62. The average Bonchev–Trinajstić information content (AvgIpc) is 2.95. The second-order valence-corrected chi connectivity index (χ2v) is 9.71. The lowest BCUT2D eigenvalue weighted by atomic mass is 10.1. The molecule has 0 N–H and O–H groups in total. The third-order valence-corrected chi connectivity index (χ3v) is 6.43. The van der Waals surface area contributed by atoms with Gasteiger partial charge in [0.1, 0.15) is 23.0 Å². The first-order valence-electron chi connectivity index (χ1n) is 12.5. The second kappa shape index (κ2) is 12.1. The molecule has 4 nitrogen and oxygen atoms in total. The van der Waals surface area contributed by atoms with Gasteiger partial charge in [-0.05, 0) is 116 Å². The van der Waals surface area contributed by atoms with Crippen LogP contribution in [0.5, 0.6) is 23.0 Å². The molecule has 0 amide bonds. The molecule has 0 aliphatic heterocycles. The van der Waals surface area contributed by atoms with Gasteiger partial charge in [-0.3, -0.25) is 0 Å². The van der Waals surface area contributed by atoms with Crippen molar-refractivity contribution in [3.8, 4) is 45.6 Å². The topological polar surface area (TPSA) is 44.2 Å². The predicted molar refractivity (Wildman–Crippen MR) is 155 cm³/mol. The molecule has 0 bridgehead atoms. The number of aromatic nitrogens is 2. The molecule has 1 heterocycles. The van der Waals surface area contributed by atoms with Crippen LogP contribution >= 0.6 is 23.2 Å². The Morgan fingerprint density at radius 2 is 1.03 bits per heavy atom. The number of hydrogen-bond donors (Lipinski definition) is 0. The third kappa shape index (κ3) is 6.71. The highest BCUT2D eigenvalue weighted by molar-refractivity contribution is 6.30. The molecule has 0 atom stereocenters. The standard InChI is InChI=1S/C32H26Cl2N2O2/c1-2-3-4-26-21-31(22-5-13-27(14-6-22)37-29-17-9-24(33)10-18-29)36-32(35-26)23-7-15-28(16-8-23)38-30-19-11-25(34)12-20-30/h5-21H,2-4H2,1H3. The van der Waals surface area contributed by atoms with Gasteiger partial charge in [-0.1, -0.05) is 36.5 Å². The van der Waals surface area contributed by atoms with E-state index in [1.165, 1.54) is 0 Å². The fourth-order valence-electron chi connectivity index (χ4n) is 3.90. The summed E-state index contributed by atoms with van der Waals surface area (Å²) in [4.78, 5) is 9.78. The minimum absolute atomic E-state index is 0.673. The molecule has 4 aromatic carbocycles. The first kappa shape index (κ1) is 25.8. The van der Waals surface area contributed by atoms with Crippen molar-refractivity contribution in [3.05, 3.63) is 119 Å². The molecular formula is C32H26Cl2N2O2. The SMILES string of the molecule is CCCCc1cc(-c2ccc(Oc3ccc(Cl)cc3)cc2)nc(-c2ccc(Oc3ccc(Cl)cc3)cc2)n1. The monoisotopic (exact) mass is 540 g/mol. The van der Waals surface area contributed by atoms with Crippen molar-refractivity contribution in [3.63, 3.8) is 0 Å². The molecule has 0 radical (unpaired) electrons. The highest BCUT2D eigenvalue weighted by atomic mass is 35.5. The minimum atomic E-state index is 0.673. The van der Waals surface area contributed by atoms with Gasteiger partial charge in [-0.2, -0.15) is 0 Å². The van der Waals surface area contributed by atoms with Crippen molar-refractivity contribution in [1.82, 2.24) is 9.97 Å². The Morgan fingerprint density at radius 1 is 0.579 bits per heavy atom. The van der Waals surface area contributed by atoms with E-state index in [1.807, 2.05) is 84.9 Å². The number of aryl methyl sites for hydroxylation is 1. The summed E-state index contributed by atoms with van der Waals surface area (Å²) in [5.41, 5.74) is 3.82. The molecule has 5 aromatic rings. The van der Waals surface area contributed by atoms with Crippen LogP contribution in [0.15, 0.2) is 103 Å². The molecule has 5 rings (SSSR count). The van der Waals surface area contributed by atoms with Crippen LogP contribution in [0.3, 0.4) is 0 Å². The molecule has 0 unspecified atom stereocenters. The Hall–Kier alpha value is -3.86. The van der Waals surface area contributed by atoms with Crippen molar-refractivity contribution in [2.75, 3.05) is 0 Å². The summed E-state index contributed by atoms with van der Waals surface area (Å²) in [5, 5.41) is 1.35. The molecule has 0 saturated carbocycles. The maximum Gasteiger partial charge on any atom is 0.160 e. The number of nitrogens with zero attached hydrogens (tertiary/aromatic N) is 2. The Balaban J connectivity index is 1.38. The van der Waals surface area contributed by atoms with Gasteiger partial charge in [0, 0.05) is 26.9 Å². The van der Waals surface area contributed by atoms with Crippen LogP contribution in [-0.2, 0) is 6.42 Å². The number of hydrogen-bond acceptors (Lipinski definition) is 4. The van der Waals surface area contributed by atoms with Gasteiger partial charge in [0.2, 0.25) is 0 Å². The smallest absolute Gasteiger partial charge is 0.160 e. The molecule has 0 spiro atoms. The molecule has 0 fully saturated rings. The molecule has 0 aliphatic carbocycles. The van der Waals surface area contributed by atoms with Gasteiger partial charge < -0.3 is 9.47 Å². The Bertz CT molecular complexity index is 1380.